The Bertz CT molecular complexity index is 407. The Kier molecular flexibility index (Phi) is 2.22. The molecule has 0 aliphatic rings. The molecule has 0 bridgehead atoms. The predicted molar refractivity (Wildman–Crippen MR) is 55.2 cm³/mol. The molecule has 1 aromatic rings. The van der Waals surface area contributed by atoms with E-state index in [1.54, 1.807) is 0 Å². The van der Waals surface area contributed by atoms with Gasteiger partial charge in [-0.1, -0.05) is 25.3 Å². The van der Waals surface area contributed by atoms with Gasteiger partial charge in [0.15, 0.2) is 0 Å². The van der Waals surface area contributed by atoms with Gasteiger partial charge in [0.2, 0.25) is 0 Å². The van der Waals surface area contributed by atoms with Crippen molar-refractivity contribution in [1.82, 2.24) is 4.57 Å². The van der Waals surface area contributed by atoms with Crippen molar-refractivity contribution in [1.29, 1.82) is 0 Å². The van der Waals surface area contributed by atoms with Crippen LogP contribution in [0.3, 0.4) is 0 Å². The summed E-state index contributed by atoms with van der Waals surface area (Å²) in [6, 6.07) is 0. The van der Waals surface area contributed by atoms with E-state index in [-0.39, 0.29) is 0 Å². The van der Waals surface area contributed by atoms with Crippen molar-refractivity contribution >= 4 is 18.7 Å². The van der Waals surface area contributed by atoms with E-state index in [2.05, 4.69) is 30.7 Å². The molecule has 0 radical (unpaired) electrons. The Balaban J connectivity index is 3.80. The van der Waals surface area contributed by atoms with Crippen LogP contribution >= 0.6 is 0 Å². The van der Waals surface area contributed by atoms with Crippen LogP contribution in [0.25, 0.3) is 18.7 Å². The molecule has 0 N–H and O–H groups in total. The van der Waals surface area contributed by atoms with Gasteiger partial charge in [0.1, 0.15) is 0 Å². The minimum Gasteiger partial charge on any atom is -0.348 e. The lowest BCUT2D eigenvalue weighted by molar-refractivity contribution is 0.850. The van der Waals surface area contributed by atoms with E-state index in [0.717, 1.165) is 5.35 Å². The summed E-state index contributed by atoms with van der Waals surface area (Å²) in [5.74, 6) is 0. The monoisotopic (exact) mass is 161 g/mol. The molecule has 1 rings (SSSR count). The van der Waals surface area contributed by atoms with Crippen LogP contribution < -0.4 is 10.6 Å². The molecule has 1 heteroatoms. The van der Waals surface area contributed by atoms with Gasteiger partial charge in [-0.2, -0.15) is 0 Å². The maximum absolute atomic E-state index is 4.00. The number of hydrogen-bond donors (Lipinski definition) is 0. The summed E-state index contributed by atoms with van der Waals surface area (Å²) in [5, 5.41) is 2.26. The molecule has 0 saturated carbocycles. The molecule has 0 saturated heterocycles. The van der Waals surface area contributed by atoms with Crippen LogP contribution in [0.5, 0.6) is 0 Å². The summed E-state index contributed by atoms with van der Waals surface area (Å²) in [5.41, 5.74) is 2.42. The Labute approximate surface area is 73.3 Å². The molecule has 0 spiro atoms. The highest BCUT2D eigenvalue weighted by molar-refractivity contribution is 5.53. The first-order valence-electron chi connectivity index (χ1n) is 4.06. The summed E-state index contributed by atoms with van der Waals surface area (Å²) < 4.78 is 2.09. The number of nitrogens with zero attached hydrogens (tertiary/aromatic N) is 1. The third-order valence-corrected chi connectivity index (χ3v) is 2.39. The maximum Gasteiger partial charge on any atom is 0.0409 e. The molecule has 0 unspecified atom stereocenters. The zero-order valence-corrected chi connectivity index (χ0v) is 8.02. The molecule has 0 fully saturated rings. The Morgan fingerprint density at radius 2 is 2.00 bits per heavy atom. The lowest BCUT2D eigenvalue weighted by Gasteiger charge is -1.95. The van der Waals surface area contributed by atoms with E-state index in [1.807, 2.05) is 20.0 Å². The van der Waals surface area contributed by atoms with Gasteiger partial charge in [-0.25, -0.2) is 0 Å². The average Bonchev–Trinajstić information content (AvgIpc) is 2.29. The predicted octanol–water partition coefficient (Wildman–Crippen LogP) is 1.19. The van der Waals surface area contributed by atoms with Crippen LogP contribution in [-0.4, -0.2) is 4.57 Å². The van der Waals surface area contributed by atoms with E-state index in [1.165, 1.54) is 16.5 Å². The number of rotatable bonds is 1. The van der Waals surface area contributed by atoms with E-state index < -0.39 is 0 Å². The molecule has 0 aromatic carbocycles. The first kappa shape index (κ1) is 8.85. The van der Waals surface area contributed by atoms with Gasteiger partial charge in [0.25, 0.3) is 0 Å². The quantitative estimate of drug-likeness (QED) is 0.583. The van der Waals surface area contributed by atoms with Gasteiger partial charge in [0.05, 0.1) is 0 Å². The van der Waals surface area contributed by atoms with Crippen molar-refractivity contribution in [3.63, 3.8) is 0 Å². The van der Waals surface area contributed by atoms with Crippen LogP contribution in [0.15, 0.2) is 6.58 Å². The molecular formula is C11H15N. The Hall–Kier alpha value is -1.24. The fourth-order valence-electron chi connectivity index (χ4n) is 1.49. The van der Waals surface area contributed by atoms with Crippen molar-refractivity contribution in [2.24, 2.45) is 7.05 Å². The summed E-state index contributed by atoms with van der Waals surface area (Å²) >= 11 is 0. The van der Waals surface area contributed by atoms with Crippen molar-refractivity contribution in [2.45, 2.75) is 13.8 Å². The van der Waals surface area contributed by atoms with Crippen molar-refractivity contribution in [3.05, 3.63) is 28.4 Å². The fraction of sp³-hybridized carbons (Fsp3) is 0.273. The van der Waals surface area contributed by atoms with Crippen LogP contribution in [-0.2, 0) is 7.05 Å². The number of aromatic nitrogens is 1. The second-order valence-corrected chi connectivity index (χ2v) is 2.91. The molecule has 0 aliphatic carbocycles. The first-order valence-corrected chi connectivity index (χ1v) is 4.06. The van der Waals surface area contributed by atoms with E-state index >= 15 is 0 Å². The van der Waals surface area contributed by atoms with Crippen LogP contribution in [0, 0.1) is 6.92 Å². The molecular weight excluding hydrogens is 146 g/mol. The Morgan fingerprint density at radius 1 is 1.42 bits per heavy atom. The first-order chi connectivity index (χ1) is 5.63. The van der Waals surface area contributed by atoms with Gasteiger partial charge in [-0.3, -0.25) is 0 Å². The molecule has 12 heavy (non-hydrogen) atoms. The summed E-state index contributed by atoms with van der Waals surface area (Å²) in [4.78, 5) is 0. The average molecular weight is 161 g/mol. The highest BCUT2D eigenvalue weighted by atomic mass is 14.9. The SMILES string of the molecule is C=Cc1c(C)n(C)c(=C)/c1=C\C. The minimum absolute atomic E-state index is 1.06. The maximum atomic E-state index is 4.00. The molecule has 1 nitrogen and oxygen atoms in total. The topological polar surface area (TPSA) is 4.93 Å². The number of hydrogen-bond acceptors (Lipinski definition) is 0. The molecule has 1 heterocycles. The van der Waals surface area contributed by atoms with Crippen LogP contribution in [0.2, 0.25) is 0 Å². The van der Waals surface area contributed by atoms with E-state index in [0.29, 0.717) is 0 Å². The second-order valence-electron chi connectivity index (χ2n) is 2.91. The zero-order chi connectivity index (χ0) is 9.30. The summed E-state index contributed by atoms with van der Waals surface area (Å²) in [6.07, 6.45) is 3.96. The highest BCUT2D eigenvalue weighted by Crippen LogP contribution is 1.99. The molecule has 0 atom stereocenters. The van der Waals surface area contributed by atoms with Gasteiger partial charge in [-0.15, -0.1) is 0 Å². The molecule has 0 amide bonds. The van der Waals surface area contributed by atoms with E-state index in [9.17, 15) is 0 Å². The lowest BCUT2D eigenvalue weighted by atomic mass is 10.2. The molecule has 64 valence electrons. The summed E-state index contributed by atoms with van der Waals surface area (Å²) in [6.45, 7) is 11.9. The van der Waals surface area contributed by atoms with E-state index in [4.69, 9.17) is 0 Å². The molecule has 1 aromatic heterocycles. The van der Waals surface area contributed by atoms with Crippen molar-refractivity contribution in [2.75, 3.05) is 0 Å². The standard InChI is InChI=1S/C11H15N/c1-6-10-8(3)12(5)9(4)11(10)7-2/h6-7H,1,4H2,2-3,5H3/b11-7+. The van der Waals surface area contributed by atoms with Gasteiger partial charge in [0, 0.05) is 28.9 Å². The van der Waals surface area contributed by atoms with Crippen LogP contribution in [0.4, 0.5) is 0 Å². The van der Waals surface area contributed by atoms with Crippen molar-refractivity contribution in [3.8, 4) is 0 Å². The summed E-state index contributed by atoms with van der Waals surface area (Å²) in [7, 11) is 2.03. The largest absolute Gasteiger partial charge is 0.348 e. The fourth-order valence-corrected chi connectivity index (χ4v) is 1.49. The third kappa shape index (κ3) is 1.02. The highest BCUT2D eigenvalue weighted by Gasteiger charge is 2.02. The minimum atomic E-state index is 1.06. The smallest absolute Gasteiger partial charge is 0.0409 e. The van der Waals surface area contributed by atoms with Gasteiger partial charge >= 0.3 is 0 Å². The Morgan fingerprint density at radius 3 is 2.33 bits per heavy atom. The van der Waals surface area contributed by atoms with Crippen molar-refractivity contribution < 1.29 is 0 Å². The van der Waals surface area contributed by atoms with Gasteiger partial charge in [-0.05, 0) is 13.8 Å². The van der Waals surface area contributed by atoms with Crippen LogP contribution in [0.1, 0.15) is 18.2 Å². The van der Waals surface area contributed by atoms with Gasteiger partial charge < -0.3 is 4.57 Å². The normalized spacial score (nSPS) is 12.1. The lowest BCUT2D eigenvalue weighted by Crippen LogP contribution is -2.26. The second kappa shape index (κ2) is 3.02. The zero-order valence-electron chi connectivity index (χ0n) is 8.02. The molecule has 0 aliphatic heterocycles. The third-order valence-electron chi connectivity index (χ3n) is 2.39.